The van der Waals surface area contributed by atoms with Gasteiger partial charge in [0.05, 0.1) is 19.4 Å². The van der Waals surface area contributed by atoms with E-state index in [0.29, 0.717) is 23.1 Å². The number of thiocarbonyl (C=S) groups is 1. The molecule has 0 unspecified atom stereocenters. The largest absolute Gasteiger partial charge is 0.494 e. The van der Waals surface area contributed by atoms with Crippen molar-refractivity contribution < 1.29 is 19.1 Å². The minimum atomic E-state index is -0.356. The Balaban J connectivity index is 1.74. The Morgan fingerprint density at radius 1 is 1.18 bits per heavy atom. The summed E-state index contributed by atoms with van der Waals surface area (Å²) in [6.45, 7) is 2.55. The monoisotopic (exact) mass is 527 g/mol. The zero-order valence-electron chi connectivity index (χ0n) is 18.4. The van der Waals surface area contributed by atoms with Crippen LogP contribution >= 0.6 is 28.1 Å². The van der Waals surface area contributed by atoms with E-state index in [-0.39, 0.29) is 18.4 Å². The van der Waals surface area contributed by atoms with Crippen molar-refractivity contribution in [2.75, 3.05) is 25.7 Å². The molecule has 1 aliphatic heterocycles. The summed E-state index contributed by atoms with van der Waals surface area (Å²) in [5, 5.41) is 1.28. The van der Waals surface area contributed by atoms with Crippen molar-refractivity contribution in [1.29, 1.82) is 0 Å². The lowest BCUT2D eigenvalue weighted by Gasteiger charge is -2.16. The summed E-state index contributed by atoms with van der Waals surface area (Å²) in [5.74, 6) is 0.147. The fourth-order valence-corrected chi connectivity index (χ4v) is 4.38. The summed E-state index contributed by atoms with van der Waals surface area (Å²) in [6, 6.07) is 13.0. The number of likely N-dealkylation sites (N-methyl/N-ethyl adjacent to an activating group) is 1. The number of nitrogens with zero attached hydrogens (tertiary/aromatic N) is 3. The third-order valence-corrected chi connectivity index (χ3v) is 6.31. The molecule has 0 N–H and O–H groups in total. The van der Waals surface area contributed by atoms with Crippen molar-refractivity contribution >= 4 is 67.8 Å². The highest BCUT2D eigenvalue weighted by Crippen LogP contribution is 2.32. The molecule has 3 aromatic rings. The van der Waals surface area contributed by atoms with Gasteiger partial charge < -0.3 is 18.9 Å². The first-order valence-corrected chi connectivity index (χ1v) is 11.5. The molecule has 2 aromatic carbocycles. The zero-order valence-corrected chi connectivity index (χ0v) is 20.8. The Bertz CT molecular complexity index is 1280. The Kier molecular flexibility index (Phi) is 6.53. The molecular weight excluding hydrogens is 506 g/mol. The van der Waals surface area contributed by atoms with Crippen molar-refractivity contribution in [3.63, 3.8) is 0 Å². The zero-order chi connectivity index (χ0) is 23.7. The summed E-state index contributed by atoms with van der Waals surface area (Å²) in [5.41, 5.74) is 2.75. The number of carbonyl (C=O) groups is 2. The van der Waals surface area contributed by atoms with Gasteiger partial charge in [0.15, 0.2) is 5.11 Å². The average molecular weight is 528 g/mol. The number of halogens is 1. The number of hydrogen-bond donors (Lipinski definition) is 0. The number of benzene rings is 2. The second kappa shape index (κ2) is 9.36. The van der Waals surface area contributed by atoms with Crippen LogP contribution in [-0.2, 0) is 20.9 Å². The molecular formula is C24H22BrN3O4S. The molecule has 33 heavy (non-hydrogen) atoms. The van der Waals surface area contributed by atoms with Gasteiger partial charge in [0.2, 0.25) is 0 Å². The Morgan fingerprint density at radius 3 is 2.58 bits per heavy atom. The predicted octanol–water partition coefficient (Wildman–Crippen LogP) is 4.58. The first-order valence-electron chi connectivity index (χ1n) is 10.3. The maximum atomic E-state index is 13.4. The van der Waals surface area contributed by atoms with Gasteiger partial charge in [0.25, 0.3) is 5.91 Å². The van der Waals surface area contributed by atoms with E-state index in [1.54, 1.807) is 18.0 Å². The van der Waals surface area contributed by atoms with Crippen molar-refractivity contribution in [1.82, 2.24) is 9.47 Å². The smallest absolute Gasteiger partial charge is 0.325 e. The standard InChI is InChI=1S/C24H22BrN3O4S/c1-4-32-18-8-6-17(7-9-18)28-23(30)21(26(2)24(28)33)11-15-13-27(14-22(29)31-3)20-10-5-16(25)12-19(15)20/h5-13H,4,14H2,1-3H3/b21-11-. The summed E-state index contributed by atoms with van der Waals surface area (Å²) in [4.78, 5) is 28.5. The van der Waals surface area contributed by atoms with Gasteiger partial charge in [0, 0.05) is 34.2 Å². The maximum absolute atomic E-state index is 13.4. The summed E-state index contributed by atoms with van der Waals surface area (Å²) < 4.78 is 13.0. The minimum Gasteiger partial charge on any atom is -0.494 e. The number of amides is 1. The first-order chi connectivity index (χ1) is 15.8. The lowest BCUT2D eigenvalue weighted by Crippen LogP contribution is -2.31. The van der Waals surface area contributed by atoms with Crippen LogP contribution in [0.2, 0.25) is 0 Å². The van der Waals surface area contributed by atoms with E-state index in [2.05, 4.69) is 15.9 Å². The molecule has 2 heterocycles. The molecule has 1 aliphatic rings. The SMILES string of the molecule is CCOc1ccc(N2C(=O)/C(=C/c3cn(CC(=O)OC)c4ccc(Br)cc34)N(C)C2=S)cc1. The van der Waals surface area contributed by atoms with Crippen molar-refractivity contribution in [2.24, 2.45) is 0 Å². The van der Waals surface area contributed by atoms with E-state index in [4.69, 9.17) is 21.7 Å². The van der Waals surface area contributed by atoms with Crippen LogP contribution < -0.4 is 9.64 Å². The molecule has 9 heteroatoms. The number of rotatable bonds is 6. The molecule has 1 saturated heterocycles. The number of aromatic nitrogens is 1. The summed E-state index contributed by atoms with van der Waals surface area (Å²) in [6.07, 6.45) is 3.64. The molecule has 0 bridgehead atoms. The van der Waals surface area contributed by atoms with Crippen LogP contribution in [0.3, 0.4) is 0 Å². The number of carbonyl (C=O) groups excluding carboxylic acids is 2. The van der Waals surface area contributed by atoms with Gasteiger partial charge in [-0.3, -0.25) is 14.5 Å². The first kappa shape index (κ1) is 23.0. The third kappa shape index (κ3) is 4.38. The Hall–Kier alpha value is -3.17. The van der Waals surface area contributed by atoms with E-state index in [1.165, 1.54) is 12.0 Å². The molecule has 170 valence electrons. The fraction of sp³-hybridized carbons (Fsp3) is 0.208. The van der Waals surface area contributed by atoms with Crippen LogP contribution in [0, 0.1) is 0 Å². The highest BCUT2D eigenvalue weighted by atomic mass is 79.9. The number of hydrogen-bond acceptors (Lipinski definition) is 5. The molecule has 1 fully saturated rings. The molecule has 0 radical (unpaired) electrons. The molecule has 0 atom stereocenters. The minimum absolute atomic E-state index is 0.0678. The van der Waals surface area contributed by atoms with Crippen LogP contribution in [0.1, 0.15) is 12.5 Å². The second-order valence-electron chi connectivity index (χ2n) is 7.39. The second-order valence-corrected chi connectivity index (χ2v) is 8.67. The van der Waals surface area contributed by atoms with Crippen LogP contribution in [0.15, 0.2) is 58.8 Å². The van der Waals surface area contributed by atoms with E-state index in [9.17, 15) is 9.59 Å². The molecule has 0 spiro atoms. The molecule has 0 saturated carbocycles. The van der Waals surface area contributed by atoms with Gasteiger partial charge in [0.1, 0.15) is 18.0 Å². The van der Waals surface area contributed by atoms with Gasteiger partial charge in [-0.05, 0) is 67.7 Å². The Morgan fingerprint density at radius 2 is 1.91 bits per heavy atom. The van der Waals surface area contributed by atoms with Crippen LogP contribution in [0.5, 0.6) is 5.75 Å². The highest BCUT2D eigenvalue weighted by molar-refractivity contribution is 9.10. The number of fused-ring (bicyclic) bond motifs is 1. The lowest BCUT2D eigenvalue weighted by molar-refractivity contribution is -0.141. The number of ether oxygens (including phenoxy) is 2. The van der Waals surface area contributed by atoms with Crippen LogP contribution in [0.4, 0.5) is 5.69 Å². The summed E-state index contributed by atoms with van der Waals surface area (Å²) >= 11 is 9.08. The van der Waals surface area contributed by atoms with Crippen LogP contribution in [-0.4, -0.2) is 47.2 Å². The van der Waals surface area contributed by atoms with Crippen molar-refractivity contribution in [3.05, 3.63) is 64.4 Å². The van der Waals surface area contributed by atoms with Gasteiger partial charge in [-0.1, -0.05) is 15.9 Å². The normalized spacial score (nSPS) is 15.1. The molecule has 0 aliphatic carbocycles. The van der Waals surface area contributed by atoms with Gasteiger partial charge in [-0.2, -0.15) is 0 Å². The summed E-state index contributed by atoms with van der Waals surface area (Å²) in [7, 11) is 3.13. The van der Waals surface area contributed by atoms with E-state index in [0.717, 1.165) is 26.7 Å². The average Bonchev–Trinajstić information content (AvgIpc) is 3.23. The number of methoxy groups -OCH3 is 1. The quantitative estimate of drug-likeness (QED) is 0.265. The topological polar surface area (TPSA) is 64.0 Å². The highest BCUT2D eigenvalue weighted by Gasteiger charge is 2.37. The molecule has 1 aromatic heterocycles. The van der Waals surface area contributed by atoms with E-state index in [1.807, 2.05) is 60.2 Å². The molecule has 4 rings (SSSR count). The van der Waals surface area contributed by atoms with Gasteiger partial charge in [-0.15, -0.1) is 0 Å². The van der Waals surface area contributed by atoms with Gasteiger partial charge in [-0.25, -0.2) is 0 Å². The lowest BCUT2D eigenvalue weighted by atomic mass is 10.1. The van der Waals surface area contributed by atoms with Crippen molar-refractivity contribution in [2.45, 2.75) is 13.5 Å². The van der Waals surface area contributed by atoms with Crippen molar-refractivity contribution in [3.8, 4) is 5.75 Å². The maximum Gasteiger partial charge on any atom is 0.325 e. The Labute approximate surface area is 205 Å². The molecule has 7 nitrogen and oxygen atoms in total. The fourth-order valence-electron chi connectivity index (χ4n) is 3.74. The number of anilines is 1. The van der Waals surface area contributed by atoms with E-state index >= 15 is 0 Å². The predicted molar refractivity (Wildman–Crippen MR) is 135 cm³/mol. The van der Waals surface area contributed by atoms with Gasteiger partial charge >= 0.3 is 5.97 Å². The number of esters is 1. The third-order valence-electron chi connectivity index (χ3n) is 5.36. The van der Waals surface area contributed by atoms with Crippen LogP contribution in [0.25, 0.3) is 17.0 Å². The van der Waals surface area contributed by atoms with E-state index < -0.39 is 0 Å². The molecule has 1 amide bonds.